The molecule has 2 aromatic rings. The molecule has 0 aromatic heterocycles. The van der Waals surface area contributed by atoms with E-state index in [4.69, 9.17) is 21.1 Å². The Bertz CT molecular complexity index is 1040. The van der Waals surface area contributed by atoms with E-state index >= 15 is 0 Å². The van der Waals surface area contributed by atoms with Crippen molar-refractivity contribution in [1.82, 2.24) is 0 Å². The number of ketones is 1. The number of methoxy groups -OCH3 is 2. The summed E-state index contributed by atoms with van der Waals surface area (Å²) in [6.45, 7) is 0. The summed E-state index contributed by atoms with van der Waals surface area (Å²) in [6, 6.07) is 6.16. The molecular weight excluding hydrogens is 383 g/mol. The third kappa shape index (κ3) is 3.20. The Morgan fingerprint density at radius 3 is 2.54 bits per heavy atom. The molecule has 0 amide bonds. The first-order valence-corrected chi connectivity index (χ1v) is 9.49. The van der Waals surface area contributed by atoms with Crippen molar-refractivity contribution in [3.05, 3.63) is 57.9 Å². The minimum absolute atomic E-state index is 0.0198. The van der Waals surface area contributed by atoms with Crippen LogP contribution in [0.5, 0.6) is 11.5 Å². The van der Waals surface area contributed by atoms with Crippen LogP contribution in [0, 0.1) is 5.82 Å². The van der Waals surface area contributed by atoms with Crippen LogP contribution >= 0.6 is 11.6 Å². The Morgan fingerprint density at radius 2 is 1.88 bits per heavy atom. The monoisotopic (exact) mass is 396 g/mol. The second-order valence-electron chi connectivity index (χ2n) is 5.64. The van der Waals surface area contributed by atoms with Gasteiger partial charge in [-0.1, -0.05) is 11.6 Å². The summed E-state index contributed by atoms with van der Waals surface area (Å²) in [4.78, 5) is 12.5. The predicted octanol–water partition coefficient (Wildman–Crippen LogP) is 3.55. The number of hydrogen-bond donors (Lipinski definition) is 0. The summed E-state index contributed by atoms with van der Waals surface area (Å²) in [5, 5.41) is 0.247. The van der Waals surface area contributed by atoms with Gasteiger partial charge >= 0.3 is 0 Å². The van der Waals surface area contributed by atoms with Gasteiger partial charge in [0.25, 0.3) is 0 Å². The third-order valence-electron chi connectivity index (χ3n) is 3.96. The number of benzene rings is 2. The number of ether oxygens (including phenoxy) is 2. The van der Waals surface area contributed by atoms with Crippen LogP contribution < -0.4 is 9.47 Å². The van der Waals surface area contributed by atoms with Gasteiger partial charge in [-0.25, -0.2) is 12.8 Å². The second-order valence-corrected chi connectivity index (χ2v) is 8.00. The van der Waals surface area contributed by atoms with Crippen molar-refractivity contribution in [3.8, 4) is 11.5 Å². The first-order valence-electron chi connectivity index (χ1n) is 7.46. The summed E-state index contributed by atoms with van der Waals surface area (Å²) < 4.78 is 48.7. The van der Waals surface area contributed by atoms with Crippen LogP contribution in [0.25, 0.3) is 6.08 Å². The quantitative estimate of drug-likeness (QED) is 0.586. The predicted molar refractivity (Wildman–Crippen MR) is 95.3 cm³/mol. The second kappa shape index (κ2) is 6.74. The Kier molecular flexibility index (Phi) is 4.77. The molecule has 0 fully saturated rings. The maximum atomic E-state index is 13.5. The fourth-order valence-corrected chi connectivity index (χ4v) is 4.64. The molecule has 0 bridgehead atoms. The highest BCUT2D eigenvalue weighted by Crippen LogP contribution is 2.37. The molecule has 0 saturated carbocycles. The molecule has 0 aliphatic carbocycles. The van der Waals surface area contributed by atoms with E-state index in [1.165, 1.54) is 26.4 Å². The highest BCUT2D eigenvalue weighted by Gasteiger charge is 2.33. The SMILES string of the molecule is COc1cc(/C=C2\CS(=O)(=O)c3ccc(F)cc3C2=O)cc(Cl)c1OC. The van der Waals surface area contributed by atoms with E-state index in [0.29, 0.717) is 17.1 Å². The van der Waals surface area contributed by atoms with Crippen molar-refractivity contribution in [1.29, 1.82) is 0 Å². The molecule has 0 saturated heterocycles. The van der Waals surface area contributed by atoms with E-state index in [9.17, 15) is 17.6 Å². The van der Waals surface area contributed by atoms with Crippen molar-refractivity contribution >= 4 is 33.3 Å². The van der Waals surface area contributed by atoms with E-state index in [1.54, 1.807) is 6.07 Å². The van der Waals surface area contributed by atoms with Gasteiger partial charge in [0.2, 0.25) is 0 Å². The van der Waals surface area contributed by atoms with Gasteiger partial charge in [0.1, 0.15) is 5.82 Å². The number of rotatable bonds is 3. The van der Waals surface area contributed by atoms with Gasteiger partial charge in [0.15, 0.2) is 27.1 Å². The van der Waals surface area contributed by atoms with E-state index in [0.717, 1.165) is 18.2 Å². The van der Waals surface area contributed by atoms with Gasteiger partial charge in [0.05, 0.1) is 29.9 Å². The lowest BCUT2D eigenvalue weighted by Crippen LogP contribution is -2.24. The first-order chi connectivity index (χ1) is 12.3. The molecule has 26 heavy (non-hydrogen) atoms. The molecule has 0 radical (unpaired) electrons. The highest BCUT2D eigenvalue weighted by atomic mass is 35.5. The largest absolute Gasteiger partial charge is 0.493 e. The lowest BCUT2D eigenvalue weighted by Gasteiger charge is -2.18. The number of carbonyl (C=O) groups excluding carboxylic acids is 1. The average molecular weight is 397 g/mol. The van der Waals surface area contributed by atoms with Crippen molar-refractivity contribution in [2.24, 2.45) is 0 Å². The zero-order valence-electron chi connectivity index (χ0n) is 13.9. The van der Waals surface area contributed by atoms with Gasteiger partial charge in [-0.2, -0.15) is 0 Å². The maximum absolute atomic E-state index is 13.5. The van der Waals surface area contributed by atoms with Gasteiger partial charge in [0, 0.05) is 11.1 Å². The molecule has 3 rings (SSSR count). The fraction of sp³-hybridized carbons (Fsp3) is 0.167. The van der Waals surface area contributed by atoms with Crippen LogP contribution in [0.3, 0.4) is 0 Å². The van der Waals surface area contributed by atoms with Crippen LogP contribution in [0.4, 0.5) is 4.39 Å². The zero-order valence-corrected chi connectivity index (χ0v) is 15.4. The molecule has 0 atom stereocenters. The van der Waals surface area contributed by atoms with Crippen LogP contribution in [-0.2, 0) is 9.84 Å². The van der Waals surface area contributed by atoms with Crippen molar-refractivity contribution in [2.45, 2.75) is 4.90 Å². The molecule has 5 nitrogen and oxygen atoms in total. The molecule has 2 aromatic carbocycles. The van der Waals surface area contributed by atoms with Crippen molar-refractivity contribution in [2.75, 3.05) is 20.0 Å². The summed E-state index contributed by atoms with van der Waals surface area (Å²) in [6.07, 6.45) is 1.40. The minimum atomic E-state index is -3.74. The molecule has 0 spiro atoms. The van der Waals surface area contributed by atoms with Crippen molar-refractivity contribution < 1.29 is 27.1 Å². The number of halogens is 2. The van der Waals surface area contributed by atoms with E-state index < -0.39 is 27.2 Å². The number of hydrogen-bond acceptors (Lipinski definition) is 5. The molecule has 0 N–H and O–H groups in total. The lowest BCUT2D eigenvalue weighted by molar-refractivity contribution is 0.103. The Hall–Kier alpha value is -2.38. The maximum Gasteiger partial charge on any atom is 0.191 e. The van der Waals surface area contributed by atoms with E-state index in [1.807, 2.05) is 0 Å². The zero-order chi connectivity index (χ0) is 19.1. The molecular formula is C18H14ClFO5S. The Morgan fingerprint density at radius 1 is 1.15 bits per heavy atom. The third-order valence-corrected chi connectivity index (χ3v) is 5.95. The van der Waals surface area contributed by atoms with Crippen LogP contribution in [0.15, 0.2) is 40.8 Å². The number of carbonyl (C=O) groups is 1. The minimum Gasteiger partial charge on any atom is -0.493 e. The molecule has 1 heterocycles. The topological polar surface area (TPSA) is 69.7 Å². The van der Waals surface area contributed by atoms with Crippen LogP contribution in [-0.4, -0.2) is 34.2 Å². The lowest BCUT2D eigenvalue weighted by atomic mass is 10.0. The average Bonchev–Trinajstić information content (AvgIpc) is 2.58. The highest BCUT2D eigenvalue weighted by molar-refractivity contribution is 7.91. The van der Waals surface area contributed by atoms with Gasteiger partial charge in [-0.05, 0) is 42.0 Å². The molecule has 136 valence electrons. The number of sulfone groups is 1. The smallest absolute Gasteiger partial charge is 0.191 e. The number of fused-ring (bicyclic) bond motifs is 1. The van der Waals surface area contributed by atoms with Crippen molar-refractivity contribution in [3.63, 3.8) is 0 Å². The molecule has 0 unspecified atom stereocenters. The Balaban J connectivity index is 2.14. The molecule has 8 heteroatoms. The summed E-state index contributed by atoms with van der Waals surface area (Å²) in [5.41, 5.74) is 0.312. The van der Waals surface area contributed by atoms with Gasteiger partial charge in [-0.15, -0.1) is 0 Å². The summed E-state index contributed by atoms with van der Waals surface area (Å²) in [7, 11) is -0.878. The summed E-state index contributed by atoms with van der Waals surface area (Å²) >= 11 is 6.14. The fourth-order valence-electron chi connectivity index (χ4n) is 2.80. The standard InChI is InChI=1S/C18H14ClFO5S/c1-24-15-7-10(6-14(19)18(15)25-2)5-11-9-26(22,23)16-4-3-12(20)8-13(16)17(11)21/h3-8H,9H2,1-2H3/b11-5+. The van der Waals surface area contributed by atoms with Gasteiger partial charge in [-0.3, -0.25) is 4.79 Å². The van der Waals surface area contributed by atoms with Crippen LogP contribution in [0.2, 0.25) is 5.02 Å². The first kappa shape index (κ1) is 18.4. The summed E-state index contributed by atoms with van der Waals surface area (Å²) in [5.74, 6) is -1.03. The van der Waals surface area contributed by atoms with E-state index in [2.05, 4.69) is 0 Å². The van der Waals surface area contributed by atoms with Crippen LogP contribution in [0.1, 0.15) is 15.9 Å². The molecule has 1 aliphatic heterocycles. The molecule has 1 aliphatic rings. The van der Waals surface area contributed by atoms with Gasteiger partial charge < -0.3 is 9.47 Å². The Labute approximate surface area is 154 Å². The normalized spacial score (nSPS) is 17.1. The number of Topliss-reactive ketones (excluding diaryl/α,β-unsaturated/α-hetero) is 1. The van der Waals surface area contributed by atoms with E-state index in [-0.39, 0.29) is 21.1 Å².